The van der Waals surface area contributed by atoms with Crippen LogP contribution < -0.4 is 20.9 Å². The normalized spacial score (nSPS) is 13.4. The number of nitrogens with zero attached hydrogens (tertiary/aromatic N) is 2. The van der Waals surface area contributed by atoms with Crippen LogP contribution in [0.4, 0.5) is 0 Å². The molecule has 120 valence electrons. The molecule has 3 heterocycles. The van der Waals surface area contributed by atoms with Crippen molar-refractivity contribution in [3.05, 3.63) is 61.7 Å². The first-order valence-electron chi connectivity index (χ1n) is 7.62. The Morgan fingerprint density at radius 3 is 3.04 bits per heavy atom. The van der Waals surface area contributed by atoms with Crippen LogP contribution in [0.1, 0.15) is 18.9 Å². The Balaban J connectivity index is 2.04. The van der Waals surface area contributed by atoms with Crippen molar-refractivity contribution in [1.82, 2.24) is 19.7 Å². The third-order valence-electron chi connectivity index (χ3n) is 3.83. The smallest absolute Gasteiger partial charge is 0.283 e. The molecule has 1 aromatic heterocycles. The van der Waals surface area contributed by atoms with Gasteiger partial charge >= 0.3 is 0 Å². The standard InChI is InChI=1S/C17H15N5OS/c1-2-5-14-21-22-15(18)12(16(23)20-17(22)24-14)8-10-9-19-13-7-4-3-6-11(10)13/h3-9,18-19,21H,2H2,1H3/b12-8-,14-5?,18-15?. The van der Waals surface area contributed by atoms with Crippen molar-refractivity contribution in [2.24, 2.45) is 0 Å². The summed E-state index contributed by atoms with van der Waals surface area (Å²) in [6.45, 7) is 2.03. The third kappa shape index (κ3) is 2.30. The molecule has 0 radical (unpaired) electrons. The molecule has 0 atom stereocenters. The van der Waals surface area contributed by atoms with Gasteiger partial charge in [-0.25, -0.2) is 4.68 Å². The molecule has 2 aliphatic rings. The number of para-hydroxylation sites is 1. The van der Waals surface area contributed by atoms with Crippen molar-refractivity contribution in [2.75, 3.05) is 0 Å². The average molecular weight is 337 g/mol. The van der Waals surface area contributed by atoms with E-state index in [0.717, 1.165) is 27.6 Å². The van der Waals surface area contributed by atoms with Gasteiger partial charge in [-0.3, -0.25) is 15.3 Å². The first kappa shape index (κ1) is 14.6. The van der Waals surface area contributed by atoms with Gasteiger partial charge in [-0.15, -0.1) is 0 Å². The molecular formula is C17H15N5OS. The molecule has 2 aromatic rings. The van der Waals surface area contributed by atoms with E-state index in [1.54, 1.807) is 10.8 Å². The number of hydrogen-bond donors (Lipinski definition) is 3. The van der Waals surface area contributed by atoms with Crippen molar-refractivity contribution in [1.29, 1.82) is 5.41 Å². The maximum absolute atomic E-state index is 12.4. The quantitative estimate of drug-likeness (QED) is 0.510. The number of rotatable bonds is 2. The second-order valence-corrected chi connectivity index (χ2v) is 6.43. The van der Waals surface area contributed by atoms with Crippen molar-refractivity contribution < 1.29 is 0 Å². The van der Waals surface area contributed by atoms with E-state index in [0.29, 0.717) is 5.13 Å². The molecule has 2 aliphatic heterocycles. The van der Waals surface area contributed by atoms with Crippen LogP contribution in [0.3, 0.4) is 0 Å². The van der Waals surface area contributed by atoms with Gasteiger partial charge < -0.3 is 4.98 Å². The number of nitrogens with one attached hydrogen (secondary N) is 3. The molecule has 0 bridgehead atoms. The molecule has 3 N–H and O–H groups in total. The average Bonchev–Trinajstić information content (AvgIpc) is 3.16. The summed E-state index contributed by atoms with van der Waals surface area (Å²) < 4.78 is 2.44. The summed E-state index contributed by atoms with van der Waals surface area (Å²) in [5, 5.41) is 13.3. The Labute approximate surface area is 140 Å². The van der Waals surface area contributed by atoms with E-state index in [2.05, 4.69) is 15.1 Å². The monoisotopic (exact) mass is 337 g/mol. The van der Waals surface area contributed by atoms with E-state index < -0.39 is 0 Å². The number of aromatic amines is 2. The number of fused-ring (bicyclic) bond motifs is 2. The van der Waals surface area contributed by atoms with E-state index in [4.69, 9.17) is 5.41 Å². The predicted octanol–water partition coefficient (Wildman–Crippen LogP) is 1.04. The Hall–Kier alpha value is -2.93. The lowest BCUT2D eigenvalue weighted by molar-refractivity contribution is 0.750. The van der Waals surface area contributed by atoms with Crippen LogP contribution in [-0.4, -0.2) is 19.7 Å². The molecule has 0 fully saturated rings. The fraction of sp³-hybridized carbons (Fsp3) is 0.118. The van der Waals surface area contributed by atoms with Crippen LogP contribution in [0.5, 0.6) is 0 Å². The van der Waals surface area contributed by atoms with Gasteiger partial charge in [-0.1, -0.05) is 36.5 Å². The molecule has 0 aliphatic carbocycles. The molecular weight excluding hydrogens is 322 g/mol. The minimum Gasteiger partial charge on any atom is -0.361 e. The van der Waals surface area contributed by atoms with Gasteiger partial charge in [0.15, 0.2) is 5.49 Å². The lowest BCUT2D eigenvalue weighted by Gasteiger charge is -1.99. The fourth-order valence-corrected chi connectivity index (χ4v) is 3.63. The van der Waals surface area contributed by atoms with Crippen molar-refractivity contribution >= 4 is 34.4 Å². The topological polar surface area (TPSA) is 90.3 Å². The third-order valence-corrected chi connectivity index (χ3v) is 4.77. The Kier molecular flexibility index (Phi) is 3.42. The molecule has 6 nitrogen and oxygen atoms in total. The largest absolute Gasteiger partial charge is 0.361 e. The summed E-state index contributed by atoms with van der Waals surface area (Å²) in [4.78, 5) is 19.7. The van der Waals surface area contributed by atoms with E-state index >= 15 is 0 Å². The first-order valence-corrected chi connectivity index (χ1v) is 8.43. The number of aromatic nitrogens is 4. The second-order valence-electron chi connectivity index (χ2n) is 5.42. The van der Waals surface area contributed by atoms with Crippen LogP contribution in [0.15, 0.2) is 35.3 Å². The maximum Gasteiger partial charge on any atom is 0.283 e. The maximum atomic E-state index is 12.4. The minimum atomic E-state index is -0.386. The molecule has 0 amide bonds. The molecule has 0 unspecified atom stereocenters. The van der Waals surface area contributed by atoms with Crippen molar-refractivity contribution in [2.45, 2.75) is 13.3 Å². The summed E-state index contributed by atoms with van der Waals surface area (Å²) >= 11 is 1.37. The van der Waals surface area contributed by atoms with Crippen LogP contribution in [0, 0.1) is 5.41 Å². The van der Waals surface area contributed by atoms with Gasteiger partial charge in [-0.2, -0.15) is 4.98 Å². The van der Waals surface area contributed by atoms with Crippen molar-refractivity contribution in [3.63, 3.8) is 0 Å². The number of H-pyrrole nitrogens is 2. The zero-order chi connectivity index (χ0) is 16.7. The van der Waals surface area contributed by atoms with Gasteiger partial charge in [0.25, 0.3) is 5.56 Å². The molecule has 24 heavy (non-hydrogen) atoms. The van der Waals surface area contributed by atoms with Crippen LogP contribution in [0.25, 0.3) is 28.2 Å². The molecule has 0 saturated heterocycles. The van der Waals surface area contributed by atoms with Crippen molar-refractivity contribution in [3.8, 4) is 5.13 Å². The Bertz CT molecular complexity index is 1240. The van der Waals surface area contributed by atoms with Gasteiger partial charge in [0.05, 0.1) is 5.22 Å². The highest BCUT2D eigenvalue weighted by atomic mass is 32.1. The van der Waals surface area contributed by atoms with Crippen LogP contribution in [0.2, 0.25) is 0 Å². The highest BCUT2D eigenvalue weighted by Gasteiger charge is 2.10. The Morgan fingerprint density at radius 1 is 1.38 bits per heavy atom. The van der Waals surface area contributed by atoms with E-state index in [1.165, 1.54) is 11.3 Å². The van der Waals surface area contributed by atoms with Crippen LogP contribution in [-0.2, 0) is 0 Å². The zero-order valence-electron chi connectivity index (χ0n) is 13.0. The zero-order valence-corrected chi connectivity index (χ0v) is 13.8. The molecule has 0 saturated carbocycles. The van der Waals surface area contributed by atoms with Gasteiger partial charge in [0.1, 0.15) is 4.66 Å². The molecule has 0 spiro atoms. The Morgan fingerprint density at radius 2 is 2.21 bits per heavy atom. The predicted molar refractivity (Wildman–Crippen MR) is 95.0 cm³/mol. The molecule has 4 rings (SSSR count). The fourth-order valence-electron chi connectivity index (χ4n) is 2.69. The van der Waals surface area contributed by atoms with Crippen LogP contribution >= 0.6 is 11.3 Å². The molecule has 7 heteroatoms. The van der Waals surface area contributed by atoms with E-state index in [-0.39, 0.29) is 16.3 Å². The highest BCUT2D eigenvalue weighted by Crippen LogP contribution is 2.17. The highest BCUT2D eigenvalue weighted by molar-refractivity contribution is 7.11. The number of benzene rings is 1. The summed E-state index contributed by atoms with van der Waals surface area (Å²) in [6, 6.07) is 7.86. The SMILES string of the molecule is CCC=c1[nH]n2c(=N)/c(=C/c3c[nH]c4ccccc34)c(=O)nc-2s1. The van der Waals surface area contributed by atoms with E-state index in [9.17, 15) is 4.79 Å². The number of hydrogen-bond acceptors (Lipinski definition) is 4. The lowest BCUT2D eigenvalue weighted by Crippen LogP contribution is -2.47. The van der Waals surface area contributed by atoms with Gasteiger partial charge in [-0.05, 0) is 24.6 Å². The summed E-state index contributed by atoms with van der Waals surface area (Å²) in [6.07, 6.45) is 6.44. The van der Waals surface area contributed by atoms with E-state index in [1.807, 2.05) is 43.5 Å². The second kappa shape index (κ2) is 5.61. The summed E-state index contributed by atoms with van der Waals surface area (Å²) in [5.74, 6) is 0. The first-order chi connectivity index (χ1) is 11.7. The van der Waals surface area contributed by atoms with Gasteiger partial charge in [0.2, 0.25) is 5.13 Å². The minimum absolute atomic E-state index is 0.113. The summed E-state index contributed by atoms with van der Waals surface area (Å²) in [5.41, 5.74) is 1.59. The van der Waals surface area contributed by atoms with Gasteiger partial charge in [0, 0.05) is 22.7 Å². The molecule has 1 aromatic carbocycles. The lowest BCUT2D eigenvalue weighted by atomic mass is 10.1. The summed E-state index contributed by atoms with van der Waals surface area (Å²) in [7, 11) is 0.